The Morgan fingerprint density at radius 1 is 1.09 bits per heavy atom. The zero-order valence-electron chi connectivity index (χ0n) is 19.3. The molecule has 0 aliphatic carbocycles. The van der Waals surface area contributed by atoms with E-state index in [9.17, 15) is 9.18 Å². The Labute approximate surface area is 198 Å². The van der Waals surface area contributed by atoms with Crippen LogP contribution in [0.25, 0.3) is 0 Å². The quantitative estimate of drug-likeness (QED) is 0.453. The van der Waals surface area contributed by atoms with Crippen molar-refractivity contribution in [2.45, 2.75) is 6.92 Å². The van der Waals surface area contributed by atoms with Crippen LogP contribution < -0.4 is 20.9 Å². The second-order valence-corrected chi connectivity index (χ2v) is 8.17. The lowest BCUT2D eigenvalue weighted by atomic mass is 10.1. The van der Waals surface area contributed by atoms with Crippen molar-refractivity contribution in [3.8, 4) is 0 Å². The van der Waals surface area contributed by atoms with E-state index in [4.69, 9.17) is 0 Å². The van der Waals surface area contributed by atoms with Crippen LogP contribution in [0.2, 0.25) is 0 Å². The molecule has 4 rings (SSSR count). The van der Waals surface area contributed by atoms with Crippen molar-refractivity contribution in [1.82, 2.24) is 14.9 Å². The number of anilines is 6. The molecule has 0 unspecified atom stereocenters. The van der Waals surface area contributed by atoms with Gasteiger partial charge in [-0.25, -0.2) is 9.37 Å². The van der Waals surface area contributed by atoms with Gasteiger partial charge in [0.15, 0.2) is 11.6 Å². The summed E-state index contributed by atoms with van der Waals surface area (Å²) in [6, 6.07) is 13.4. The van der Waals surface area contributed by atoms with Crippen molar-refractivity contribution in [2.24, 2.45) is 0 Å². The highest BCUT2D eigenvalue weighted by Gasteiger charge is 2.15. The van der Waals surface area contributed by atoms with E-state index in [1.807, 2.05) is 25.1 Å². The van der Waals surface area contributed by atoms with E-state index >= 15 is 0 Å². The zero-order valence-corrected chi connectivity index (χ0v) is 19.3. The van der Waals surface area contributed by atoms with Gasteiger partial charge < -0.3 is 25.8 Å². The molecule has 3 aromatic rings. The molecule has 1 amide bonds. The number of aryl methyl sites for hydroxylation is 1. The fraction of sp³-hybridized carbons (Fsp3) is 0.240. The van der Waals surface area contributed by atoms with Gasteiger partial charge in [-0.15, -0.1) is 0 Å². The summed E-state index contributed by atoms with van der Waals surface area (Å²) in [5.41, 5.74) is 3.81. The number of hydrogen-bond acceptors (Lipinski definition) is 7. The maximum absolute atomic E-state index is 14.5. The van der Waals surface area contributed by atoms with Crippen molar-refractivity contribution in [1.29, 1.82) is 0 Å². The van der Waals surface area contributed by atoms with Crippen molar-refractivity contribution in [3.05, 3.63) is 72.7 Å². The van der Waals surface area contributed by atoms with Crippen LogP contribution in [0.1, 0.15) is 5.56 Å². The molecule has 176 valence electrons. The van der Waals surface area contributed by atoms with Gasteiger partial charge in [0, 0.05) is 37.6 Å². The number of aromatic nitrogens is 2. The number of carbonyl (C=O) groups is 1. The molecule has 0 spiro atoms. The third kappa shape index (κ3) is 5.49. The van der Waals surface area contributed by atoms with Crippen LogP contribution in [-0.2, 0) is 4.79 Å². The Morgan fingerprint density at radius 3 is 2.53 bits per heavy atom. The molecule has 8 nitrogen and oxygen atoms in total. The number of amides is 1. The van der Waals surface area contributed by atoms with E-state index in [2.05, 4.69) is 61.5 Å². The first-order valence-corrected chi connectivity index (χ1v) is 11.1. The minimum Gasteiger partial charge on any atom is -0.369 e. The number of nitrogens with one attached hydrogen (secondary N) is 3. The van der Waals surface area contributed by atoms with Crippen molar-refractivity contribution >= 4 is 40.4 Å². The first-order chi connectivity index (χ1) is 16.4. The van der Waals surface area contributed by atoms with Crippen LogP contribution in [0, 0.1) is 12.7 Å². The summed E-state index contributed by atoms with van der Waals surface area (Å²) in [5.74, 6) is -0.726. The molecular weight excluding hydrogens is 433 g/mol. The SMILES string of the molecule is C=CC(=O)Nc1cccc(C)c1Nc1nc(Nc2ccc(N3CCN(C)CC3)cc2)ncc1F. The highest BCUT2D eigenvalue weighted by Crippen LogP contribution is 2.30. The summed E-state index contributed by atoms with van der Waals surface area (Å²) >= 11 is 0. The van der Waals surface area contributed by atoms with E-state index in [0.717, 1.165) is 49.3 Å². The Balaban J connectivity index is 1.50. The summed E-state index contributed by atoms with van der Waals surface area (Å²) < 4.78 is 14.5. The van der Waals surface area contributed by atoms with Gasteiger partial charge in [-0.1, -0.05) is 18.7 Å². The molecule has 34 heavy (non-hydrogen) atoms. The van der Waals surface area contributed by atoms with Crippen molar-refractivity contribution in [2.75, 3.05) is 54.1 Å². The number of halogens is 1. The summed E-state index contributed by atoms with van der Waals surface area (Å²) in [4.78, 5) is 24.8. The van der Waals surface area contributed by atoms with Gasteiger partial charge in [0.25, 0.3) is 0 Å². The smallest absolute Gasteiger partial charge is 0.247 e. The van der Waals surface area contributed by atoms with Gasteiger partial charge in [-0.2, -0.15) is 4.98 Å². The number of nitrogens with zero attached hydrogens (tertiary/aromatic N) is 4. The molecule has 9 heteroatoms. The number of hydrogen-bond donors (Lipinski definition) is 3. The van der Waals surface area contributed by atoms with Gasteiger partial charge in [0.2, 0.25) is 11.9 Å². The molecular formula is C25H28FN7O. The molecule has 0 radical (unpaired) electrons. The average Bonchev–Trinajstić information content (AvgIpc) is 2.84. The molecule has 0 saturated carbocycles. The van der Waals surface area contributed by atoms with Crippen LogP contribution in [-0.4, -0.2) is 54.0 Å². The van der Waals surface area contributed by atoms with Crippen molar-refractivity contribution in [3.63, 3.8) is 0 Å². The molecule has 3 N–H and O–H groups in total. The number of benzene rings is 2. The second-order valence-electron chi connectivity index (χ2n) is 8.17. The monoisotopic (exact) mass is 461 g/mol. The lowest BCUT2D eigenvalue weighted by Gasteiger charge is -2.34. The zero-order chi connectivity index (χ0) is 24.1. The second kappa shape index (κ2) is 10.3. The number of carbonyl (C=O) groups excluding carboxylic acids is 1. The highest BCUT2D eigenvalue weighted by atomic mass is 19.1. The Bertz CT molecular complexity index is 1170. The molecule has 1 aliphatic rings. The standard InChI is InChI=1S/C25H28FN7O/c1-4-22(34)29-21-7-5-6-17(2)23(21)30-24-20(26)16-27-25(31-24)28-18-8-10-19(11-9-18)33-14-12-32(3)13-15-33/h4-11,16H,1,12-15H2,2-3H3,(H,29,34)(H2,27,28,30,31). The van der Waals surface area contributed by atoms with Crippen LogP contribution in [0.15, 0.2) is 61.3 Å². The predicted octanol–water partition coefficient (Wildman–Crippen LogP) is 4.29. The molecule has 2 heterocycles. The van der Waals surface area contributed by atoms with Crippen LogP contribution in [0.4, 0.5) is 38.9 Å². The minimum atomic E-state index is -0.611. The molecule has 2 aromatic carbocycles. The van der Waals surface area contributed by atoms with Crippen LogP contribution in [0.3, 0.4) is 0 Å². The summed E-state index contributed by atoms with van der Waals surface area (Å²) in [7, 11) is 2.13. The van der Waals surface area contributed by atoms with E-state index in [-0.39, 0.29) is 17.7 Å². The average molecular weight is 462 g/mol. The molecule has 1 aliphatic heterocycles. The van der Waals surface area contributed by atoms with Gasteiger partial charge in [-0.05, 0) is 55.9 Å². The first-order valence-electron chi connectivity index (χ1n) is 11.1. The number of piperazine rings is 1. The number of para-hydroxylation sites is 1. The predicted molar refractivity (Wildman–Crippen MR) is 135 cm³/mol. The molecule has 1 fully saturated rings. The fourth-order valence-electron chi connectivity index (χ4n) is 3.70. The summed E-state index contributed by atoms with van der Waals surface area (Å²) in [6.45, 7) is 9.39. The van der Waals surface area contributed by atoms with Gasteiger partial charge in [0.05, 0.1) is 17.6 Å². The Kier molecular flexibility index (Phi) is 7.03. The minimum absolute atomic E-state index is 0.00467. The van der Waals surface area contributed by atoms with Crippen LogP contribution in [0.5, 0.6) is 0 Å². The Hall–Kier alpha value is -3.98. The molecule has 1 saturated heterocycles. The molecule has 1 aromatic heterocycles. The number of likely N-dealkylation sites (N-methyl/N-ethyl adjacent to an activating group) is 1. The molecule has 0 bridgehead atoms. The largest absolute Gasteiger partial charge is 0.369 e. The summed E-state index contributed by atoms with van der Waals surface area (Å²) in [6.07, 6.45) is 2.28. The number of rotatable bonds is 7. The normalized spacial score (nSPS) is 13.9. The Morgan fingerprint density at radius 2 is 1.82 bits per heavy atom. The lowest BCUT2D eigenvalue weighted by molar-refractivity contribution is -0.111. The maximum atomic E-state index is 14.5. The van der Waals surface area contributed by atoms with E-state index < -0.39 is 5.82 Å². The van der Waals surface area contributed by atoms with Crippen LogP contribution >= 0.6 is 0 Å². The van der Waals surface area contributed by atoms with E-state index in [0.29, 0.717) is 11.4 Å². The highest BCUT2D eigenvalue weighted by molar-refractivity contribution is 6.01. The topological polar surface area (TPSA) is 85.4 Å². The third-order valence-electron chi connectivity index (χ3n) is 5.70. The van der Waals surface area contributed by atoms with Gasteiger partial charge in [-0.3, -0.25) is 4.79 Å². The van der Waals surface area contributed by atoms with Gasteiger partial charge in [0.1, 0.15) is 0 Å². The summed E-state index contributed by atoms with van der Waals surface area (Å²) in [5, 5.41) is 8.84. The molecule has 0 atom stereocenters. The lowest BCUT2D eigenvalue weighted by Crippen LogP contribution is -2.44. The van der Waals surface area contributed by atoms with Crippen molar-refractivity contribution < 1.29 is 9.18 Å². The first kappa shape index (κ1) is 23.2. The third-order valence-corrected chi connectivity index (χ3v) is 5.70. The maximum Gasteiger partial charge on any atom is 0.247 e. The van der Waals surface area contributed by atoms with Gasteiger partial charge >= 0.3 is 0 Å². The fourth-order valence-corrected chi connectivity index (χ4v) is 3.70. The van der Waals surface area contributed by atoms with E-state index in [1.54, 1.807) is 12.1 Å². The van der Waals surface area contributed by atoms with E-state index in [1.165, 1.54) is 6.08 Å².